The van der Waals surface area contributed by atoms with Crippen LogP contribution in [-0.4, -0.2) is 12.0 Å². The van der Waals surface area contributed by atoms with Crippen LogP contribution in [0.2, 0.25) is 0 Å². The van der Waals surface area contributed by atoms with Crippen LogP contribution in [-0.2, 0) is 11.3 Å². The summed E-state index contributed by atoms with van der Waals surface area (Å²) in [4.78, 5) is 12.3. The number of benzene rings is 2. The number of hydrogen-bond donors (Lipinski definition) is 1. The van der Waals surface area contributed by atoms with E-state index in [9.17, 15) is 4.79 Å². The van der Waals surface area contributed by atoms with Gasteiger partial charge in [0.2, 0.25) is 0 Å². The molecule has 2 rings (SSSR count). The molecule has 1 atom stereocenters. The average Bonchev–Trinajstić information content (AvgIpc) is 2.53. The third kappa shape index (κ3) is 4.85. The Morgan fingerprint density at radius 2 is 1.62 bits per heavy atom. The van der Waals surface area contributed by atoms with E-state index in [1.54, 1.807) is 6.92 Å². The molecule has 0 fully saturated rings. The maximum absolute atomic E-state index is 12.3. The molecule has 2 aromatic rings. The van der Waals surface area contributed by atoms with E-state index in [0.29, 0.717) is 12.5 Å². The lowest BCUT2D eigenvalue weighted by Gasteiger charge is -2.19. The summed E-state index contributed by atoms with van der Waals surface area (Å²) in [6, 6.07) is 14.3. The molecule has 0 heterocycles. The van der Waals surface area contributed by atoms with Gasteiger partial charge in [0.25, 0.3) is 5.91 Å². The van der Waals surface area contributed by atoms with Crippen LogP contribution in [0.3, 0.4) is 0 Å². The average molecular weight is 325 g/mol. The summed E-state index contributed by atoms with van der Waals surface area (Å²) in [7, 11) is 0. The lowest BCUT2D eigenvalue weighted by molar-refractivity contribution is -0.127. The second-order valence-electron chi connectivity index (χ2n) is 6.66. The molecule has 0 radical (unpaired) electrons. The van der Waals surface area contributed by atoms with Crippen molar-refractivity contribution in [2.24, 2.45) is 0 Å². The number of carbonyl (C=O) groups excluding carboxylic acids is 1. The number of carbonyl (C=O) groups is 1. The maximum Gasteiger partial charge on any atom is 0.261 e. The molecule has 3 heteroatoms. The highest BCUT2D eigenvalue weighted by Gasteiger charge is 2.17. The summed E-state index contributed by atoms with van der Waals surface area (Å²) in [5.74, 6) is 1.04. The molecule has 2 aromatic carbocycles. The summed E-state index contributed by atoms with van der Waals surface area (Å²) in [5.41, 5.74) is 4.54. The molecule has 1 unspecified atom stereocenters. The minimum Gasteiger partial charge on any atom is -0.481 e. The van der Waals surface area contributed by atoms with Crippen molar-refractivity contribution in [3.05, 3.63) is 64.7 Å². The van der Waals surface area contributed by atoms with Crippen molar-refractivity contribution in [3.63, 3.8) is 0 Å². The first kappa shape index (κ1) is 18.1. The molecule has 0 aliphatic heterocycles. The minimum atomic E-state index is -0.533. The lowest BCUT2D eigenvalue weighted by atomic mass is 10.0. The molecule has 0 aliphatic rings. The van der Waals surface area contributed by atoms with Gasteiger partial charge in [0.1, 0.15) is 5.75 Å². The third-order valence-electron chi connectivity index (χ3n) is 4.05. The molecule has 3 nitrogen and oxygen atoms in total. The Morgan fingerprint density at radius 1 is 1.00 bits per heavy atom. The van der Waals surface area contributed by atoms with Crippen molar-refractivity contribution >= 4 is 5.91 Å². The van der Waals surface area contributed by atoms with Crippen LogP contribution in [0.15, 0.2) is 42.5 Å². The lowest BCUT2D eigenvalue weighted by Crippen LogP contribution is -2.36. The van der Waals surface area contributed by atoms with E-state index in [1.165, 1.54) is 5.56 Å². The monoisotopic (exact) mass is 325 g/mol. The number of rotatable bonds is 6. The number of ether oxygens (including phenoxy) is 1. The van der Waals surface area contributed by atoms with E-state index in [-0.39, 0.29) is 5.91 Å². The standard InChI is InChI=1S/C21H27NO2/c1-14(2)19-11-8-16(4)12-20(19)24-17(5)21(23)22-13-18-9-6-15(3)7-10-18/h6-12,14,17H,13H2,1-5H3,(H,22,23). The zero-order valence-corrected chi connectivity index (χ0v) is 15.2. The summed E-state index contributed by atoms with van der Waals surface area (Å²) in [6.07, 6.45) is -0.533. The van der Waals surface area contributed by atoms with E-state index in [0.717, 1.165) is 22.4 Å². The van der Waals surface area contributed by atoms with Crippen molar-refractivity contribution in [2.45, 2.75) is 53.2 Å². The molecular formula is C21H27NO2. The van der Waals surface area contributed by atoms with Gasteiger partial charge in [0.15, 0.2) is 6.10 Å². The first-order valence-electron chi connectivity index (χ1n) is 8.47. The highest BCUT2D eigenvalue weighted by atomic mass is 16.5. The maximum atomic E-state index is 12.3. The van der Waals surface area contributed by atoms with Crippen LogP contribution in [0, 0.1) is 13.8 Å². The van der Waals surface area contributed by atoms with E-state index in [2.05, 4.69) is 31.3 Å². The van der Waals surface area contributed by atoms with Gasteiger partial charge in [-0.2, -0.15) is 0 Å². The Morgan fingerprint density at radius 3 is 2.25 bits per heavy atom. The van der Waals surface area contributed by atoms with Gasteiger partial charge in [-0.15, -0.1) is 0 Å². The van der Waals surface area contributed by atoms with Gasteiger partial charge in [-0.1, -0.05) is 55.8 Å². The van der Waals surface area contributed by atoms with Crippen molar-refractivity contribution < 1.29 is 9.53 Å². The quantitative estimate of drug-likeness (QED) is 0.848. The highest BCUT2D eigenvalue weighted by Crippen LogP contribution is 2.28. The summed E-state index contributed by atoms with van der Waals surface area (Å²) < 4.78 is 5.94. The number of amides is 1. The van der Waals surface area contributed by atoms with Crippen LogP contribution in [0.4, 0.5) is 0 Å². The van der Waals surface area contributed by atoms with Crippen LogP contribution >= 0.6 is 0 Å². The van der Waals surface area contributed by atoms with Gasteiger partial charge in [-0.05, 0) is 49.4 Å². The van der Waals surface area contributed by atoms with E-state index in [1.807, 2.05) is 44.2 Å². The molecule has 24 heavy (non-hydrogen) atoms. The van der Waals surface area contributed by atoms with Gasteiger partial charge in [-0.25, -0.2) is 0 Å². The molecule has 0 bridgehead atoms. The Balaban J connectivity index is 1.98. The second-order valence-corrected chi connectivity index (χ2v) is 6.66. The van der Waals surface area contributed by atoms with Gasteiger partial charge in [0, 0.05) is 6.54 Å². The van der Waals surface area contributed by atoms with E-state index < -0.39 is 6.10 Å². The fourth-order valence-electron chi connectivity index (χ4n) is 2.50. The smallest absolute Gasteiger partial charge is 0.261 e. The van der Waals surface area contributed by atoms with Crippen LogP contribution in [0.1, 0.15) is 48.9 Å². The van der Waals surface area contributed by atoms with Gasteiger partial charge >= 0.3 is 0 Å². The fraction of sp³-hybridized carbons (Fsp3) is 0.381. The molecule has 0 saturated heterocycles. The zero-order valence-electron chi connectivity index (χ0n) is 15.2. The highest BCUT2D eigenvalue weighted by molar-refractivity contribution is 5.80. The van der Waals surface area contributed by atoms with E-state index >= 15 is 0 Å². The number of aryl methyl sites for hydroxylation is 2. The third-order valence-corrected chi connectivity index (χ3v) is 4.05. The first-order valence-corrected chi connectivity index (χ1v) is 8.47. The normalized spacial score (nSPS) is 12.1. The summed E-state index contributed by atoms with van der Waals surface area (Å²) in [6.45, 7) is 10.6. The molecular weight excluding hydrogens is 298 g/mol. The molecule has 1 amide bonds. The molecule has 0 aromatic heterocycles. The predicted octanol–water partition coefficient (Wildman–Crippen LogP) is 4.51. The second kappa shape index (κ2) is 8.00. The Hall–Kier alpha value is -2.29. The van der Waals surface area contributed by atoms with Gasteiger partial charge in [-0.3, -0.25) is 4.79 Å². The number of nitrogens with one attached hydrogen (secondary N) is 1. The first-order chi connectivity index (χ1) is 11.4. The van der Waals surface area contributed by atoms with Crippen LogP contribution in [0.5, 0.6) is 5.75 Å². The zero-order chi connectivity index (χ0) is 17.7. The molecule has 0 spiro atoms. The Kier molecular flexibility index (Phi) is 6.02. The molecule has 0 aliphatic carbocycles. The number of hydrogen-bond acceptors (Lipinski definition) is 2. The predicted molar refractivity (Wildman–Crippen MR) is 98.4 cm³/mol. The summed E-state index contributed by atoms with van der Waals surface area (Å²) >= 11 is 0. The van der Waals surface area contributed by atoms with Crippen molar-refractivity contribution in [1.29, 1.82) is 0 Å². The summed E-state index contributed by atoms with van der Waals surface area (Å²) in [5, 5.41) is 2.94. The topological polar surface area (TPSA) is 38.3 Å². The van der Waals surface area contributed by atoms with Crippen LogP contribution in [0.25, 0.3) is 0 Å². The molecule has 128 valence electrons. The van der Waals surface area contributed by atoms with E-state index in [4.69, 9.17) is 4.74 Å². The SMILES string of the molecule is Cc1ccc(CNC(=O)C(C)Oc2cc(C)ccc2C(C)C)cc1. The van der Waals surface area contributed by atoms with Crippen molar-refractivity contribution in [2.75, 3.05) is 0 Å². The minimum absolute atomic E-state index is 0.105. The molecule has 0 saturated carbocycles. The van der Waals surface area contributed by atoms with Gasteiger partial charge < -0.3 is 10.1 Å². The Labute approximate surface area is 145 Å². The molecule has 1 N–H and O–H groups in total. The van der Waals surface area contributed by atoms with Crippen molar-refractivity contribution in [1.82, 2.24) is 5.32 Å². The van der Waals surface area contributed by atoms with Crippen molar-refractivity contribution in [3.8, 4) is 5.75 Å². The largest absolute Gasteiger partial charge is 0.481 e. The fourth-order valence-corrected chi connectivity index (χ4v) is 2.50. The van der Waals surface area contributed by atoms with Crippen LogP contribution < -0.4 is 10.1 Å². The van der Waals surface area contributed by atoms with Gasteiger partial charge in [0.05, 0.1) is 0 Å². The Bertz CT molecular complexity index is 689.